The first kappa shape index (κ1) is 20.6. The second-order valence-corrected chi connectivity index (χ2v) is 8.10. The first-order chi connectivity index (χ1) is 15.5. The lowest BCUT2D eigenvalue weighted by atomic mass is 10.1. The summed E-state index contributed by atoms with van der Waals surface area (Å²) in [7, 11) is 0. The van der Waals surface area contributed by atoms with Gasteiger partial charge in [-0.1, -0.05) is 34.5 Å². The molecule has 1 aliphatic heterocycles. The number of hydrogen-bond acceptors (Lipinski definition) is 6. The van der Waals surface area contributed by atoms with Gasteiger partial charge < -0.3 is 9.80 Å². The Hall–Kier alpha value is -3.30. The summed E-state index contributed by atoms with van der Waals surface area (Å²) in [5, 5.41) is 9.20. The quantitative estimate of drug-likeness (QED) is 0.453. The Balaban J connectivity index is 1.37. The van der Waals surface area contributed by atoms with E-state index in [0.717, 1.165) is 0 Å². The maximum atomic E-state index is 13.7. The zero-order valence-corrected chi connectivity index (χ0v) is 18.1. The van der Waals surface area contributed by atoms with Crippen LogP contribution in [0.3, 0.4) is 0 Å². The highest BCUT2D eigenvalue weighted by atomic mass is 35.5. The van der Waals surface area contributed by atoms with Crippen molar-refractivity contribution in [3.8, 4) is 5.69 Å². The third kappa shape index (κ3) is 3.74. The van der Waals surface area contributed by atoms with Gasteiger partial charge >= 0.3 is 0 Å². The highest BCUT2D eigenvalue weighted by molar-refractivity contribution is 6.35. The van der Waals surface area contributed by atoms with Crippen molar-refractivity contribution in [3.63, 3.8) is 0 Å². The van der Waals surface area contributed by atoms with Crippen LogP contribution in [0.15, 0.2) is 48.8 Å². The zero-order chi connectivity index (χ0) is 22.2. The average Bonchev–Trinajstić information content (AvgIpc) is 3.25. The lowest BCUT2D eigenvalue weighted by molar-refractivity contribution is 0.0747. The van der Waals surface area contributed by atoms with E-state index >= 15 is 0 Å². The van der Waals surface area contributed by atoms with Crippen molar-refractivity contribution in [1.29, 1.82) is 0 Å². The molecular formula is C21H16Cl2FN7O. The van der Waals surface area contributed by atoms with Crippen LogP contribution in [0.1, 0.15) is 10.4 Å². The number of hydrogen-bond donors (Lipinski definition) is 0. The minimum absolute atomic E-state index is 0.165. The van der Waals surface area contributed by atoms with Crippen LogP contribution in [-0.4, -0.2) is 61.9 Å². The number of halogens is 3. The Morgan fingerprint density at radius 1 is 1.00 bits per heavy atom. The SMILES string of the molecule is O=C(c1cc(Cl)ccc1Cl)N1CCN(c2ncnc3c2nnn3-c2cccc(F)c2)CC1. The standard InChI is InChI=1S/C21H16Cl2FN7O/c22-13-4-5-17(23)16(10-13)21(32)30-8-6-29(7-9-30)19-18-20(26-12-25-19)31(28-27-18)15-3-1-2-14(24)11-15/h1-5,10-12H,6-9H2. The Morgan fingerprint density at radius 2 is 1.81 bits per heavy atom. The second kappa shape index (κ2) is 8.33. The van der Waals surface area contributed by atoms with Crippen LogP contribution in [0.2, 0.25) is 10.0 Å². The maximum absolute atomic E-state index is 13.7. The van der Waals surface area contributed by atoms with Gasteiger partial charge in [0.15, 0.2) is 17.0 Å². The van der Waals surface area contributed by atoms with Gasteiger partial charge in [-0.25, -0.2) is 14.4 Å². The van der Waals surface area contributed by atoms with Crippen molar-refractivity contribution < 1.29 is 9.18 Å². The van der Waals surface area contributed by atoms with E-state index in [0.29, 0.717) is 64.5 Å². The van der Waals surface area contributed by atoms with Crippen LogP contribution < -0.4 is 4.90 Å². The number of amides is 1. The molecule has 1 aliphatic rings. The minimum Gasteiger partial charge on any atom is -0.351 e. The van der Waals surface area contributed by atoms with Crippen LogP contribution in [0.4, 0.5) is 10.2 Å². The number of fused-ring (bicyclic) bond motifs is 1. The first-order valence-corrected chi connectivity index (χ1v) is 10.6. The van der Waals surface area contributed by atoms with E-state index in [1.807, 2.05) is 4.90 Å². The lowest BCUT2D eigenvalue weighted by Gasteiger charge is -2.35. The summed E-state index contributed by atoms with van der Waals surface area (Å²) in [4.78, 5) is 25.3. The van der Waals surface area contributed by atoms with E-state index in [2.05, 4.69) is 20.3 Å². The molecule has 5 rings (SSSR count). The van der Waals surface area contributed by atoms with Crippen LogP contribution in [0.5, 0.6) is 0 Å². The summed E-state index contributed by atoms with van der Waals surface area (Å²) < 4.78 is 15.1. The third-order valence-electron chi connectivity index (χ3n) is 5.30. The fraction of sp³-hybridized carbons (Fsp3) is 0.190. The van der Waals surface area contributed by atoms with Gasteiger partial charge in [0.2, 0.25) is 0 Å². The average molecular weight is 472 g/mol. The molecule has 1 fully saturated rings. The summed E-state index contributed by atoms with van der Waals surface area (Å²) in [5.41, 5.74) is 1.89. The van der Waals surface area contributed by atoms with Gasteiger partial charge in [0.05, 0.1) is 16.3 Å². The largest absolute Gasteiger partial charge is 0.351 e. The summed E-state index contributed by atoms with van der Waals surface area (Å²) in [6.45, 7) is 2.04. The van der Waals surface area contributed by atoms with Crippen molar-refractivity contribution in [1.82, 2.24) is 29.9 Å². The number of rotatable bonds is 3. The maximum Gasteiger partial charge on any atom is 0.255 e. The van der Waals surface area contributed by atoms with E-state index in [9.17, 15) is 9.18 Å². The molecule has 32 heavy (non-hydrogen) atoms. The van der Waals surface area contributed by atoms with Crippen LogP contribution >= 0.6 is 23.2 Å². The molecule has 0 spiro atoms. The van der Waals surface area contributed by atoms with Crippen LogP contribution in [-0.2, 0) is 0 Å². The Labute approximate surface area is 192 Å². The fourth-order valence-corrected chi connectivity index (χ4v) is 4.07. The normalized spacial score (nSPS) is 14.2. The predicted octanol–water partition coefficient (Wildman–Crippen LogP) is 3.62. The number of aromatic nitrogens is 5. The highest BCUT2D eigenvalue weighted by Gasteiger charge is 2.26. The molecule has 8 nitrogen and oxygen atoms in total. The van der Waals surface area contributed by atoms with E-state index in [1.165, 1.54) is 23.1 Å². The lowest BCUT2D eigenvalue weighted by Crippen LogP contribution is -2.49. The molecule has 2 aromatic carbocycles. The molecule has 4 aromatic rings. The topological polar surface area (TPSA) is 80.0 Å². The number of anilines is 1. The molecule has 0 bridgehead atoms. The van der Waals surface area contributed by atoms with E-state index in [4.69, 9.17) is 23.2 Å². The van der Waals surface area contributed by atoms with E-state index < -0.39 is 0 Å². The first-order valence-electron chi connectivity index (χ1n) is 9.83. The Bertz CT molecular complexity index is 1320. The molecule has 0 atom stereocenters. The molecular weight excluding hydrogens is 456 g/mol. The van der Waals surface area contributed by atoms with Gasteiger partial charge in [0, 0.05) is 31.2 Å². The number of nitrogens with zero attached hydrogens (tertiary/aromatic N) is 7. The van der Waals surface area contributed by atoms with E-state index in [-0.39, 0.29) is 11.7 Å². The molecule has 0 radical (unpaired) electrons. The molecule has 2 aromatic heterocycles. The third-order valence-corrected chi connectivity index (χ3v) is 5.86. The van der Waals surface area contributed by atoms with Crippen molar-refractivity contribution in [2.24, 2.45) is 0 Å². The van der Waals surface area contributed by atoms with Gasteiger partial charge in [0.1, 0.15) is 12.1 Å². The van der Waals surface area contributed by atoms with E-state index in [1.54, 1.807) is 35.2 Å². The fourth-order valence-electron chi connectivity index (χ4n) is 3.70. The highest BCUT2D eigenvalue weighted by Crippen LogP contribution is 2.26. The molecule has 162 valence electrons. The van der Waals surface area contributed by atoms with Crippen molar-refractivity contribution >= 4 is 46.1 Å². The number of carbonyl (C=O) groups excluding carboxylic acids is 1. The monoisotopic (exact) mass is 471 g/mol. The molecule has 0 aliphatic carbocycles. The van der Waals surface area contributed by atoms with Crippen molar-refractivity contribution in [2.75, 3.05) is 31.1 Å². The second-order valence-electron chi connectivity index (χ2n) is 7.25. The molecule has 11 heteroatoms. The van der Waals surface area contributed by atoms with Gasteiger partial charge in [0.25, 0.3) is 5.91 Å². The smallest absolute Gasteiger partial charge is 0.255 e. The summed E-state index contributed by atoms with van der Waals surface area (Å²) in [5.74, 6) is 0.0774. The van der Waals surface area contributed by atoms with Crippen molar-refractivity contribution in [2.45, 2.75) is 0 Å². The van der Waals surface area contributed by atoms with Crippen LogP contribution in [0, 0.1) is 5.82 Å². The van der Waals surface area contributed by atoms with Crippen LogP contribution in [0.25, 0.3) is 16.9 Å². The van der Waals surface area contributed by atoms with Crippen molar-refractivity contribution in [3.05, 3.63) is 70.2 Å². The minimum atomic E-state index is -0.374. The molecule has 3 heterocycles. The van der Waals surface area contributed by atoms with Gasteiger partial charge in [-0.3, -0.25) is 4.79 Å². The molecule has 0 saturated carbocycles. The number of carbonyl (C=O) groups is 1. The summed E-state index contributed by atoms with van der Waals surface area (Å²) >= 11 is 12.2. The summed E-state index contributed by atoms with van der Waals surface area (Å²) in [6, 6.07) is 10.9. The zero-order valence-electron chi connectivity index (χ0n) is 16.6. The Kier molecular flexibility index (Phi) is 5.36. The molecule has 0 unspecified atom stereocenters. The van der Waals surface area contributed by atoms with Gasteiger partial charge in [-0.2, -0.15) is 4.68 Å². The van der Waals surface area contributed by atoms with Gasteiger partial charge in [-0.15, -0.1) is 5.10 Å². The number of piperazine rings is 1. The molecule has 1 saturated heterocycles. The number of benzene rings is 2. The summed E-state index contributed by atoms with van der Waals surface area (Å²) in [6.07, 6.45) is 1.43. The van der Waals surface area contributed by atoms with Gasteiger partial charge in [-0.05, 0) is 36.4 Å². The molecule has 0 N–H and O–H groups in total. The molecule has 1 amide bonds. The Morgan fingerprint density at radius 3 is 2.59 bits per heavy atom. The predicted molar refractivity (Wildman–Crippen MR) is 119 cm³/mol.